The Morgan fingerprint density at radius 2 is 1.90 bits per heavy atom. The van der Waals surface area contributed by atoms with Gasteiger partial charge in [0.25, 0.3) is 0 Å². The van der Waals surface area contributed by atoms with Crippen LogP contribution >= 0.6 is 0 Å². The number of nitrogen functional groups attached to an aromatic ring is 1. The van der Waals surface area contributed by atoms with Gasteiger partial charge in [0, 0.05) is 18.3 Å². The number of benzene rings is 1. The summed E-state index contributed by atoms with van der Waals surface area (Å²) < 4.78 is 38.3. The van der Waals surface area contributed by atoms with Crippen molar-refractivity contribution < 1.29 is 13.2 Å². The molecule has 0 aliphatic carbocycles. The van der Waals surface area contributed by atoms with Crippen LogP contribution in [0.2, 0.25) is 0 Å². The summed E-state index contributed by atoms with van der Waals surface area (Å²) in [5.41, 5.74) is 6.31. The molecular formula is C13H11F3N4. The second-order valence-corrected chi connectivity index (χ2v) is 4.50. The van der Waals surface area contributed by atoms with E-state index in [1.807, 2.05) is 24.3 Å². The normalized spacial score (nSPS) is 14.4. The zero-order valence-corrected chi connectivity index (χ0v) is 10.4. The van der Waals surface area contributed by atoms with Crippen LogP contribution in [-0.2, 0) is 12.6 Å². The number of aromatic nitrogens is 2. The average molecular weight is 280 g/mol. The summed E-state index contributed by atoms with van der Waals surface area (Å²) in [5, 5.41) is 0. The van der Waals surface area contributed by atoms with Crippen LogP contribution in [0.15, 0.2) is 30.3 Å². The fraction of sp³-hybridized carbons (Fsp3) is 0.231. The van der Waals surface area contributed by atoms with Crippen molar-refractivity contribution in [2.75, 3.05) is 17.2 Å². The Morgan fingerprint density at radius 1 is 1.15 bits per heavy atom. The van der Waals surface area contributed by atoms with Crippen LogP contribution < -0.4 is 10.6 Å². The van der Waals surface area contributed by atoms with E-state index >= 15 is 0 Å². The lowest BCUT2D eigenvalue weighted by atomic mass is 10.2. The van der Waals surface area contributed by atoms with Gasteiger partial charge < -0.3 is 10.6 Å². The molecule has 0 radical (unpaired) electrons. The molecule has 1 aromatic heterocycles. The molecule has 1 aliphatic rings. The summed E-state index contributed by atoms with van der Waals surface area (Å²) in [4.78, 5) is 8.89. The van der Waals surface area contributed by atoms with Gasteiger partial charge in [0.2, 0.25) is 5.95 Å². The van der Waals surface area contributed by atoms with Gasteiger partial charge in [-0.25, -0.2) is 4.98 Å². The highest BCUT2D eigenvalue weighted by atomic mass is 19.4. The number of nitrogens with zero attached hydrogens (tertiary/aromatic N) is 3. The summed E-state index contributed by atoms with van der Waals surface area (Å²) in [6.45, 7) is 0.576. The summed E-state index contributed by atoms with van der Waals surface area (Å²) >= 11 is 0. The first-order valence-electron chi connectivity index (χ1n) is 6.02. The third kappa shape index (κ3) is 2.15. The molecule has 3 rings (SSSR count). The van der Waals surface area contributed by atoms with Gasteiger partial charge in [-0.15, -0.1) is 0 Å². The number of nitrogens with two attached hydrogens (primary N) is 1. The van der Waals surface area contributed by atoms with Gasteiger partial charge in [-0.3, -0.25) is 0 Å². The zero-order valence-electron chi connectivity index (χ0n) is 10.4. The Bertz CT molecular complexity index is 654. The van der Waals surface area contributed by atoms with Crippen molar-refractivity contribution in [3.05, 3.63) is 41.6 Å². The number of hydrogen-bond acceptors (Lipinski definition) is 4. The Morgan fingerprint density at radius 3 is 2.65 bits per heavy atom. The standard InChI is InChI=1S/C13H11F3N4/c14-13(15,16)10-7-11(19-12(17)18-10)20-6-5-8-3-1-2-4-9(8)20/h1-4,7H,5-6H2,(H2,17,18,19). The van der Waals surface area contributed by atoms with Crippen LogP contribution in [0.4, 0.5) is 30.6 Å². The Kier molecular flexibility index (Phi) is 2.77. The molecule has 4 nitrogen and oxygen atoms in total. The second kappa shape index (κ2) is 4.36. The topological polar surface area (TPSA) is 55.0 Å². The molecule has 2 N–H and O–H groups in total. The Balaban J connectivity index is 2.06. The number of para-hydroxylation sites is 1. The molecule has 1 aliphatic heterocycles. The van der Waals surface area contributed by atoms with E-state index in [0.29, 0.717) is 6.54 Å². The second-order valence-electron chi connectivity index (χ2n) is 4.50. The maximum atomic E-state index is 12.8. The van der Waals surface area contributed by atoms with E-state index < -0.39 is 11.9 Å². The minimum Gasteiger partial charge on any atom is -0.368 e. The van der Waals surface area contributed by atoms with E-state index in [0.717, 1.165) is 23.7 Å². The minimum absolute atomic E-state index is 0.176. The van der Waals surface area contributed by atoms with Gasteiger partial charge in [0.15, 0.2) is 5.69 Å². The van der Waals surface area contributed by atoms with Crippen LogP contribution in [0.3, 0.4) is 0 Å². The third-order valence-corrected chi connectivity index (χ3v) is 3.18. The number of alkyl halides is 3. The molecule has 0 saturated carbocycles. The van der Waals surface area contributed by atoms with Gasteiger partial charge in [-0.2, -0.15) is 18.2 Å². The fourth-order valence-corrected chi connectivity index (χ4v) is 2.31. The van der Waals surface area contributed by atoms with Crippen LogP contribution in [0.25, 0.3) is 0 Å². The number of anilines is 3. The maximum Gasteiger partial charge on any atom is 0.433 e. The van der Waals surface area contributed by atoms with E-state index in [2.05, 4.69) is 9.97 Å². The van der Waals surface area contributed by atoms with Crippen LogP contribution in [0, 0.1) is 0 Å². The Labute approximate surface area is 113 Å². The fourth-order valence-electron chi connectivity index (χ4n) is 2.31. The van der Waals surface area contributed by atoms with E-state index in [9.17, 15) is 13.2 Å². The van der Waals surface area contributed by atoms with E-state index in [1.54, 1.807) is 4.90 Å². The SMILES string of the molecule is Nc1nc(N2CCc3ccccc32)cc(C(F)(F)F)n1. The summed E-state index contributed by atoms with van der Waals surface area (Å²) in [7, 11) is 0. The molecule has 0 atom stereocenters. The van der Waals surface area contributed by atoms with Crippen molar-refractivity contribution in [1.82, 2.24) is 9.97 Å². The molecule has 0 fully saturated rings. The summed E-state index contributed by atoms with van der Waals surface area (Å²) in [6.07, 6.45) is -3.77. The molecule has 20 heavy (non-hydrogen) atoms. The van der Waals surface area contributed by atoms with E-state index in [4.69, 9.17) is 5.73 Å². The summed E-state index contributed by atoms with van der Waals surface area (Å²) in [6, 6.07) is 8.47. The molecule has 7 heteroatoms. The predicted octanol–water partition coefficient (Wildman–Crippen LogP) is 2.77. The molecule has 1 aromatic carbocycles. The molecule has 0 amide bonds. The highest BCUT2D eigenvalue weighted by molar-refractivity contribution is 5.68. The largest absolute Gasteiger partial charge is 0.433 e. The lowest BCUT2D eigenvalue weighted by Crippen LogP contribution is -2.18. The smallest absolute Gasteiger partial charge is 0.368 e. The van der Waals surface area contributed by atoms with Crippen molar-refractivity contribution in [2.45, 2.75) is 12.6 Å². The predicted molar refractivity (Wildman–Crippen MR) is 68.6 cm³/mol. The minimum atomic E-state index is -4.54. The quantitative estimate of drug-likeness (QED) is 0.872. The monoisotopic (exact) mass is 280 g/mol. The van der Waals surface area contributed by atoms with Gasteiger partial charge in [0.1, 0.15) is 5.82 Å². The number of rotatable bonds is 1. The van der Waals surface area contributed by atoms with Crippen LogP contribution in [0.5, 0.6) is 0 Å². The highest BCUT2D eigenvalue weighted by Gasteiger charge is 2.34. The van der Waals surface area contributed by atoms with Gasteiger partial charge >= 0.3 is 6.18 Å². The van der Waals surface area contributed by atoms with Crippen LogP contribution in [-0.4, -0.2) is 16.5 Å². The molecule has 0 unspecified atom stereocenters. The molecule has 0 saturated heterocycles. The molecular weight excluding hydrogens is 269 g/mol. The molecule has 0 spiro atoms. The zero-order chi connectivity index (χ0) is 14.3. The maximum absolute atomic E-state index is 12.8. The number of halogens is 3. The van der Waals surface area contributed by atoms with Crippen LogP contribution in [0.1, 0.15) is 11.3 Å². The van der Waals surface area contributed by atoms with Crippen molar-refractivity contribution in [1.29, 1.82) is 0 Å². The van der Waals surface area contributed by atoms with E-state index in [1.165, 1.54) is 0 Å². The van der Waals surface area contributed by atoms with Crippen molar-refractivity contribution in [2.24, 2.45) is 0 Å². The first-order chi connectivity index (χ1) is 9.45. The molecule has 2 heterocycles. The Hall–Kier alpha value is -2.31. The number of fused-ring (bicyclic) bond motifs is 1. The van der Waals surface area contributed by atoms with Crippen molar-refractivity contribution >= 4 is 17.5 Å². The van der Waals surface area contributed by atoms with Gasteiger partial charge in [-0.05, 0) is 18.1 Å². The van der Waals surface area contributed by atoms with Gasteiger partial charge in [-0.1, -0.05) is 18.2 Å². The molecule has 0 bridgehead atoms. The first-order valence-corrected chi connectivity index (χ1v) is 6.02. The molecule has 2 aromatic rings. The summed E-state index contributed by atoms with van der Waals surface area (Å²) in [5.74, 6) is -0.200. The van der Waals surface area contributed by atoms with Crippen molar-refractivity contribution in [3.63, 3.8) is 0 Å². The molecule has 104 valence electrons. The first kappa shape index (κ1) is 12.7. The average Bonchev–Trinajstić information content (AvgIpc) is 2.80. The lowest BCUT2D eigenvalue weighted by molar-refractivity contribution is -0.141. The van der Waals surface area contributed by atoms with Gasteiger partial charge in [0.05, 0.1) is 0 Å². The number of hydrogen-bond donors (Lipinski definition) is 1. The van der Waals surface area contributed by atoms with Crippen molar-refractivity contribution in [3.8, 4) is 0 Å². The highest BCUT2D eigenvalue weighted by Crippen LogP contribution is 2.36. The third-order valence-electron chi connectivity index (χ3n) is 3.18. The lowest BCUT2D eigenvalue weighted by Gasteiger charge is -2.19. The van der Waals surface area contributed by atoms with E-state index in [-0.39, 0.29) is 11.8 Å².